The smallest absolute Gasteiger partial charge is 0.221 e. The summed E-state index contributed by atoms with van der Waals surface area (Å²) in [6, 6.07) is 4.15. The summed E-state index contributed by atoms with van der Waals surface area (Å²) in [5.74, 6) is 1.53. The van der Waals surface area contributed by atoms with Crippen molar-refractivity contribution in [3.63, 3.8) is 0 Å². The van der Waals surface area contributed by atoms with Gasteiger partial charge in [0.15, 0.2) is 11.5 Å². The summed E-state index contributed by atoms with van der Waals surface area (Å²) in [7, 11) is 1.63. The van der Waals surface area contributed by atoms with E-state index in [1.165, 1.54) is 0 Å². The van der Waals surface area contributed by atoms with Crippen LogP contribution in [0.2, 0.25) is 0 Å². The molecule has 6 heteroatoms. The van der Waals surface area contributed by atoms with Crippen molar-refractivity contribution >= 4 is 21.8 Å². The molecule has 0 aromatic heterocycles. The lowest BCUT2D eigenvalue weighted by atomic mass is 10.1. The second-order valence-electron chi connectivity index (χ2n) is 4.63. The second-order valence-corrected chi connectivity index (χ2v) is 5.48. The van der Waals surface area contributed by atoms with E-state index in [9.17, 15) is 4.79 Å². The lowest BCUT2D eigenvalue weighted by molar-refractivity contribution is -0.119. The zero-order valence-electron chi connectivity index (χ0n) is 11.7. The van der Waals surface area contributed by atoms with Crippen LogP contribution in [0.4, 0.5) is 0 Å². The van der Waals surface area contributed by atoms with Gasteiger partial charge in [-0.3, -0.25) is 4.79 Å². The Morgan fingerprint density at radius 2 is 2.30 bits per heavy atom. The Bertz CT molecular complexity index is 494. The second kappa shape index (κ2) is 6.95. The van der Waals surface area contributed by atoms with Gasteiger partial charge < -0.3 is 20.1 Å². The van der Waals surface area contributed by atoms with Gasteiger partial charge in [0, 0.05) is 25.6 Å². The zero-order chi connectivity index (χ0) is 14.5. The number of nitrogens with one attached hydrogen (secondary N) is 2. The van der Waals surface area contributed by atoms with E-state index in [-0.39, 0.29) is 11.9 Å². The Labute approximate surface area is 127 Å². The molecule has 110 valence electrons. The first-order valence-corrected chi connectivity index (χ1v) is 7.42. The van der Waals surface area contributed by atoms with Gasteiger partial charge in [-0.05, 0) is 40.5 Å². The molecule has 0 saturated carbocycles. The normalized spacial score (nSPS) is 17.9. The van der Waals surface area contributed by atoms with Crippen LogP contribution in [0.25, 0.3) is 0 Å². The number of benzene rings is 1. The predicted octanol–water partition coefficient (Wildman–Crippen LogP) is 1.83. The maximum absolute atomic E-state index is 11.1. The molecule has 0 bridgehead atoms. The molecule has 1 aromatic rings. The summed E-state index contributed by atoms with van der Waals surface area (Å²) < 4.78 is 11.8. The number of rotatable bonds is 6. The summed E-state index contributed by atoms with van der Waals surface area (Å²) in [5, 5.41) is 6.17. The van der Waals surface area contributed by atoms with Crippen LogP contribution in [-0.4, -0.2) is 32.2 Å². The highest BCUT2D eigenvalue weighted by Crippen LogP contribution is 2.36. The zero-order valence-corrected chi connectivity index (χ0v) is 13.2. The highest BCUT2D eigenvalue weighted by Gasteiger charge is 2.20. The minimum Gasteiger partial charge on any atom is -0.493 e. The molecular weight excluding hydrogens is 324 g/mol. The van der Waals surface area contributed by atoms with E-state index in [0.29, 0.717) is 31.9 Å². The molecular formula is C14H19BrN2O3. The van der Waals surface area contributed by atoms with Crippen molar-refractivity contribution in [2.45, 2.75) is 25.9 Å². The maximum Gasteiger partial charge on any atom is 0.221 e. The van der Waals surface area contributed by atoms with Gasteiger partial charge in [-0.2, -0.15) is 0 Å². The van der Waals surface area contributed by atoms with E-state index in [1.54, 1.807) is 7.11 Å². The third-order valence-electron chi connectivity index (χ3n) is 3.15. The number of ether oxygens (including phenoxy) is 2. The van der Waals surface area contributed by atoms with E-state index in [0.717, 1.165) is 15.8 Å². The van der Waals surface area contributed by atoms with Gasteiger partial charge in [0.2, 0.25) is 5.91 Å². The molecule has 1 aliphatic heterocycles. The van der Waals surface area contributed by atoms with Crippen molar-refractivity contribution < 1.29 is 14.3 Å². The summed E-state index contributed by atoms with van der Waals surface area (Å²) in [6.45, 7) is 3.89. The third kappa shape index (κ3) is 3.64. The van der Waals surface area contributed by atoms with Gasteiger partial charge >= 0.3 is 0 Å². The van der Waals surface area contributed by atoms with E-state index >= 15 is 0 Å². The molecule has 0 radical (unpaired) electrons. The molecule has 0 aliphatic carbocycles. The molecule has 1 atom stereocenters. The molecule has 1 amide bonds. The topological polar surface area (TPSA) is 59.6 Å². The number of carbonyl (C=O) groups is 1. The van der Waals surface area contributed by atoms with Crippen molar-refractivity contribution in [3.8, 4) is 11.5 Å². The fourth-order valence-corrected chi connectivity index (χ4v) is 2.78. The Morgan fingerprint density at radius 1 is 1.50 bits per heavy atom. The quantitative estimate of drug-likeness (QED) is 0.828. The van der Waals surface area contributed by atoms with Crippen LogP contribution < -0.4 is 20.1 Å². The number of methoxy groups -OCH3 is 1. The summed E-state index contributed by atoms with van der Waals surface area (Å²) in [4.78, 5) is 11.1. The summed E-state index contributed by atoms with van der Waals surface area (Å²) in [6.07, 6.45) is 0.537. The first-order valence-electron chi connectivity index (χ1n) is 6.63. The monoisotopic (exact) mass is 342 g/mol. The average Bonchev–Trinajstić information content (AvgIpc) is 2.85. The summed E-state index contributed by atoms with van der Waals surface area (Å²) >= 11 is 3.50. The van der Waals surface area contributed by atoms with Gasteiger partial charge in [0.05, 0.1) is 18.2 Å². The van der Waals surface area contributed by atoms with Crippen molar-refractivity contribution in [1.29, 1.82) is 0 Å². The van der Waals surface area contributed by atoms with Gasteiger partial charge in [-0.1, -0.05) is 0 Å². The maximum atomic E-state index is 11.1. The van der Waals surface area contributed by atoms with E-state index in [1.807, 2.05) is 19.1 Å². The average molecular weight is 343 g/mol. The minimum atomic E-state index is 0.105. The number of amides is 1. The van der Waals surface area contributed by atoms with E-state index < -0.39 is 0 Å². The molecule has 5 nitrogen and oxygen atoms in total. The van der Waals surface area contributed by atoms with Crippen LogP contribution in [0.3, 0.4) is 0 Å². The van der Waals surface area contributed by atoms with Crippen LogP contribution >= 0.6 is 15.9 Å². The Morgan fingerprint density at radius 3 is 2.90 bits per heavy atom. The molecule has 1 aliphatic rings. The van der Waals surface area contributed by atoms with Crippen molar-refractivity contribution in [1.82, 2.24) is 10.6 Å². The molecule has 1 fully saturated rings. The van der Waals surface area contributed by atoms with Crippen molar-refractivity contribution in [2.24, 2.45) is 0 Å². The molecule has 1 aromatic carbocycles. The predicted molar refractivity (Wildman–Crippen MR) is 80.1 cm³/mol. The van der Waals surface area contributed by atoms with Gasteiger partial charge in [0.25, 0.3) is 0 Å². The lowest BCUT2D eigenvalue weighted by Crippen LogP contribution is -2.30. The first kappa shape index (κ1) is 15.1. The largest absolute Gasteiger partial charge is 0.493 e. The fraction of sp³-hybridized carbons (Fsp3) is 0.500. The highest BCUT2D eigenvalue weighted by atomic mass is 79.9. The van der Waals surface area contributed by atoms with Crippen LogP contribution in [0, 0.1) is 0 Å². The fourth-order valence-electron chi connectivity index (χ4n) is 2.17. The Hall–Kier alpha value is -1.27. The molecule has 1 heterocycles. The van der Waals surface area contributed by atoms with Gasteiger partial charge in [0.1, 0.15) is 0 Å². The molecule has 1 unspecified atom stereocenters. The number of carbonyl (C=O) groups excluding carboxylic acids is 1. The van der Waals surface area contributed by atoms with Gasteiger partial charge in [-0.15, -0.1) is 0 Å². The lowest BCUT2D eigenvalue weighted by Gasteiger charge is -2.15. The van der Waals surface area contributed by atoms with Crippen LogP contribution in [-0.2, 0) is 11.3 Å². The number of hydrogen-bond donors (Lipinski definition) is 2. The van der Waals surface area contributed by atoms with E-state index in [2.05, 4.69) is 26.6 Å². The van der Waals surface area contributed by atoms with Crippen molar-refractivity contribution in [2.75, 3.05) is 20.3 Å². The SMILES string of the molecule is CCOc1c(Br)cc(CNC2CNC(=O)C2)cc1OC. The van der Waals surface area contributed by atoms with Crippen LogP contribution in [0.15, 0.2) is 16.6 Å². The van der Waals surface area contributed by atoms with Crippen LogP contribution in [0.5, 0.6) is 11.5 Å². The molecule has 1 saturated heterocycles. The molecule has 0 spiro atoms. The Kier molecular flexibility index (Phi) is 5.25. The van der Waals surface area contributed by atoms with E-state index in [4.69, 9.17) is 9.47 Å². The molecule has 20 heavy (non-hydrogen) atoms. The summed E-state index contributed by atoms with van der Waals surface area (Å²) in [5.41, 5.74) is 1.08. The van der Waals surface area contributed by atoms with Gasteiger partial charge in [-0.25, -0.2) is 0 Å². The standard InChI is InChI=1S/C14H19BrN2O3/c1-3-20-14-11(15)4-9(5-12(14)19-2)7-16-10-6-13(18)17-8-10/h4-5,10,16H,3,6-8H2,1-2H3,(H,17,18). The third-order valence-corrected chi connectivity index (χ3v) is 3.74. The van der Waals surface area contributed by atoms with Crippen molar-refractivity contribution in [3.05, 3.63) is 22.2 Å². The minimum absolute atomic E-state index is 0.105. The Balaban J connectivity index is 2.04. The molecule has 2 rings (SSSR count). The number of halogens is 1. The first-order chi connectivity index (χ1) is 9.63. The number of hydrogen-bond acceptors (Lipinski definition) is 4. The highest BCUT2D eigenvalue weighted by molar-refractivity contribution is 9.10. The van der Waals surface area contributed by atoms with Crippen LogP contribution in [0.1, 0.15) is 18.9 Å². The molecule has 2 N–H and O–H groups in total.